The van der Waals surface area contributed by atoms with E-state index in [1.807, 2.05) is 49.6 Å². The van der Waals surface area contributed by atoms with Crippen molar-refractivity contribution in [1.29, 1.82) is 0 Å². The number of benzene rings is 1. The molecule has 0 aliphatic carbocycles. The Labute approximate surface area is 108 Å². The minimum atomic E-state index is 0.677. The highest BCUT2D eigenvalue weighted by Crippen LogP contribution is 2.24. The molecule has 0 radical (unpaired) electrons. The van der Waals surface area contributed by atoms with Crippen LogP contribution in [0.5, 0.6) is 5.75 Å². The van der Waals surface area contributed by atoms with Crippen molar-refractivity contribution in [1.82, 2.24) is 4.98 Å². The van der Waals surface area contributed by atoms with Gasteiger partial charge in [0.25, 0.3) is 0 Å². The normalized spacial score (nSPS) is 10.3. The zero-order chi connectivity index (χ0) is 12.8. The van der Waals surface area contributed by atoms with Gasteiger partial charge in [-0.15, -0.1) is 0 Å². The highest BCUT2D eigenvalue weighted by molar-refractivity contribution is 5.57. The summed E-state index contributed by atoms with van der Waals surface area (Å²) in [6, 6.07) is 9.92. The minimum Gasteiger partial charge on any atom is -0.491 e. The van der Waals surface area contributed by atoms with Gasteiger partial charge in [0.05, 0.1) is 12.3 Å². The van der Waals surface area contributed by atoms with E-state index in [9.17, 15) is 0 Å². The third-order valence-corrected chi connectivity index (χ3v) is 2.90. The molecule has 2 N–H and O–H groups in total. The van der Waals surface area contributed by atoms with E-state index in [2.05, 4.69) is 4.98 Å². The first-order valence-electron chi connectivity index (χ1n) is 6.14. The van der Waals surface area contributed by atoms with Crippen LogP contribution >= 0.6 is 0 Å². The van der Waals surface area contributed by atoms with Gasteiger partial charge in [0.15, 0.2) is 0 Å². The standard InChI is InChI=1S/C15H18N2O/c1-12-4-2-6-14(15(12)16)18-11-3-5-13-7-9-17-10-8-13/h2,4,6-10H,3,5,11,16H2,1H3. The largest absolute Gasteiger partial charge is 0.491 e. The first-order valence-corrected chi connectivity index (χ1v) is 6.14. The molecule has 1 aromatic heterocycles. The molecule has 0 amide bonds. The summed E-state index contributed by atoms with van der Waals surface area (Å²) in [5, 5.41) is 0. The van der Waals surface area contributed by atoms with Crippen LogP contribution < -0.4 is 10.5 Å². The van der Waals surface area contributed by atoms with Gasteiger partial charge in [-0.1, -0.05) is 12.1 Å². The Morgan fingerprint density at radius 2 is 1.94 bits per heavy atom. The van der Waals surface area contributed by atoms with Gasteiger partial charge < -0.3 is 10.5 Å². The van der Waals surface area contributed by atoms with E-state index in [-0.39, 0.29) is 0 Å². The average Bonchev–Trinajstić information content (AvgIpc) is 2.40. The number of rotatable bonds is 5. The summed E-state index contributed by atoms with van der Waals surface area (Å²) < 4.78 is 5.70. The third kappa shape index (κ3) is 3.23. The van der Waals surface area contributed by atoms with Crippen LogP contribution in [0.1, 0.15) is 17.5 Å². The Kier molecular flexibility index (Phi) is 4.18. The highest BCUT2D eigenvalue weighted by atomic mass is 16.5. The molecular formula is C15H18N2O. The first kappa shape index (κ1) is 12.4. The molecule has 0 unspecified atom stereocenters. The molecule has 0 saturated heterocycles. The molecule has 18 heavy (non-hydrogen) atoms. The minimum absolute atomic E-state index is 0.677. The maximum Gasteiger partial charge on any atom is 0.142 e. The van der Waals surface area contributed by atoms with Gasteiger partial charge in [-0.05, 0) is 49.1 Å². The molecule has 0 atom stereocenters. The third-order valence-electron chi connectivity index (χ3n) is 2.90. The van der Waals surface area contributed by atoms with Crippen molar-refractivity contribution >= 4 is 5.69 Å². The van der Waals surface area contributed by atoms with E-state index in [0.29, 0.717) is 6.61 Å². The van der Waals surface area contributed by atoms with Crippen LogP contribution in [-0.4, -0.2) is 11.6 Å². The van der Waals surface area contributed by atoms with Gasteiger partial charge in [-0.2, -0.15) is 0 Å². The van der Waals surface area contributed by atoms with E-state index in [1.165, 1.54) is 5.56 Å². The molecule has 3 nitrogen and oxygen atoms in total. The SMILES string of the molecule is Cc1cccc(OCCCc2ccncc2)c1N. The summed E-state index contributed by atoms with van der Waals surface area (Å²) in [6.07, 6.45) is 5.59. The molecule has 0 spiro atoms. The van der Waals surface area contributed by atoms with Crippen LogP contribution in [0.3, 0.4) is 0 Å². The van der Waals surface area contributed by atoms with Crippen LogP contribution in [0.4, 0.5) is 5.69 Å². The number of aryl methyl sites for hydroxylation is 2. The molecule has 0 aliphatic rings. The molecule has 94 valence electrons. The maximum absolute atomic E-state index is 5.94. The summed E-state index contributed by atoms with van der Waals surface area (Å²) in [7, 11) is 0. The Morgan fingerprint density at radius 3 is 2.72 bits per heavy atom. The number of nitrogen functional groups attached to an aromatic ring is 1. The first-order chi connectivity index (χ1) is 8.77. The Bertz CT molecular complexity index is 497. The van der Waals surface area contributed by atoms with Crippen LogP contribution in [0.2, 0.25) is 0 Å². The van der Waals surface area contributed by atoms with Crippen LogP contribution in [0.25, 0.3) is 0 Å². The number of anilines is 1. The molecule has 0 saturated carbocycles. The Morgan fingerprint density at radius 1 is 1.17 bits per heavy atom. The number of ether oxygens (including phenoxy) is 1. The number of para-hydroxylation sites is 1. The van der Waals surface area contributed by atoms with Crippen LogP contribution in [-0.2, 0) is 6.42 Å². The molecule has 1 heterocycles. The molecule has 0 fully saturated rings. The van der Waals surface area contributed by atoms with Crippen LogP contribution in [0, 0.1) is 6.92 Å². The second-order valence-electron chi connectivity index (χ2n) is 4.29. The maximum atomic E-state index is 5.94. The van der Waals surface area contributed by atoms with E-state index in [1.54, 1.807) is 0 Å². The number of nitrogens with zero attached hydrogens (tertiary/aromatic N) is 1. The van der Waals surface area contributed by atoms with Crippen molar-refractivity contribution < 1.29 is 4.74 Å². The topological polar surface area (TPSA) is 48.1 Å². The molecule has 0 bridgehead atoms. The van der Waals surface area contributed by atoms with Crippen molar-refractivity contribution in [3.8, 4) is 5.75 Å². The Balaban J connectivity index is 1.81. The lowest BCUT2D eigenvalue weighted by Crippen LogP contribution is -2.02. The van der Waals surface area contributed by atoms with Crippen molar-refractivity contribution in [2.24, 2.45) is 0 Å². The van der Waals surface area contributed by atoms with E-state index in [0.717, 1.165) is 29.8 Å². The number of nitrogens with two attached hydrogens (primary N) is 1. The highest BCUT2D eigenvalue weighted by Gasteiger charge is 2.02. The molecule has 1 aromatic carbocycles. The zero-order valence-electron chi connectivity index (χ0n) is 10.6. The van der Waals surface area contributed by atoms with Crippen LogP contribution in [0.15, 0.2) is 42.7 Å². The van der Waals surface area contributed by atoms with Crippen molar-refractivity contribution in [2.45, 2.75) is 19.8 Å². The van der Waals surface area contributed by atoms with Crippen molar-refractivity contribution in [3.63, 3.8) is 0 Å². The number of hydrogen-bond donors (Lipinski definition) is 1. The summed E-state index contributed by atoms with van der Waals surface area (Å²) in [4.78, 5) is 3.99. The summed E-state index contributed by atoms with van der Waals surface area (Å²) >= 11 is 0. The quantitative estimate of drug-likeness (QED) is 0.647. The fourth-order valence-corrected chi connectivity index (χ4v) is 1.79. The summed E-state index contributed by atoms with van der Waals surface area (Å²) in [5.41, 5.74) is 9.02. The molecule has 0 aliphatic heterocycles. The predicted octanol–water partition coefficient (Wildman–Crippen LogP) is 2.98. The van der Waals surface area contributed by atoms with E-state index >= 15 is 0 Å². The summed E-state index contributed by atoms with van der Waals surface area (Å²) in [5.74, 6) is 0.782. The Hall–Kier alpha value is -2.03. The van der Waals surface area contributed by atoms with Crippen molar-refractivity contribution in [3.05, 3.63) is 53.9 Å². The molecule has 2 rings (SSSR count). The molecule has 3 heteroatoms. The fourth-order valence-electron chi connectivity index (χ4n) is 1.79. The van der Waals surface area contributed by atoms with Crippen molar-refractivity contribution in [2.75, 3.05) is 12.3 Å². The molecular weight excluding hydrogens is 224 g/mol. The van der Waals surface area contributed by atoms with Gasteiger partial charge in [-0.3, -0.25) is 4.98 Å². The monoisotopic (exact) mass is 242 g/mol. The van der Waals surface area contributed by atoms with Gasteiger partial charge >= 0.3 is 0 Å². The van der Waals surface area contributed by atoms with E-state index in [4.69, 9.17) is 10.5 Å². The number of aromatic nitrogens is 1. The van der Waals surface area contributed by atoms with Gasteiger partial charge in [-0.25, -0.2) is 0 Å². The lowest BCUT2D eigenvalue weighted by molar-refractivity contribution is 0.312. The van der Waals surface area contributed by atoms with Gasteiger partial charge in [0.2, 0.25) is 0 Å². The number of pyridine rings is 1. The van der Waals surface area contributed by atoms with E-state index < -0.39 is 0 Å². The average molecular weight is 242 g/mol. The smallest absolute Gasteiger partial charge is 0.142 e. The zero-order valence-corrected chi connectivity index (χ0v) is 10.6. The van der Waals surface area contributed by atoms with Gasteiger partial charge in [0, 0.05) is 12.4 Å². The molecule has 2 aromatic rings. The second kappa shape index (κ2) is 6.05. The number of hydrogen-bond acceptors (Lipinski definition) is 3. The lowest BCUT2D eigenvalue weighted by Gasteiger charge is -2.10. The second-order valence-corrected chi connectivity index (χ2v) is 4.29. The fraction of sp³-hybridized carbons (Fsp3) is 0.267. The predicted molar refractivity (Wildman–Crippen MR) is 73.6 cm³/mol. The lowest BCUT2D eigenvalue weighted by atomic mass is 10.1. The summed E-state index contributed by atoms with van der Waals surface area (Å²) in [6.45, 7) is 2.66. The van der Waals surface area contributed by atoms with Gasteiger partial charge in [0.1, 0.15) is 5.75 Å².